The van der Waals surface area contributed by atoms with Crippen molar-refractivity contribution in [1.29, 1.82) is 0 Å². The van der Waals surface area contributed by atoms with Crippen LogP contribution in [0.2, 0.25) is 0 Å². The lowest BCUT2D eigenvalue weighted by atomic mass is 10.2. The van der Waals surface area contributed by atoms with Gasteiger partial charge in [-0.3, -0.25) is 14.9 Å². The Morgan fingerprint density at radius 3 is 2.80 bits per heavy atom. The molecule has 2 amide bonds. The molecule has 1 atom stereocenters. The molecule has 1 fully saturated rings. The largest absolute Gasteiger partial charge is 0.365 e. The summed E-state index contributed by atoms with van der Waals surface area (Å²) < 4.78 is 0. The van der Waals surface area contributed by atoms with Crippen LogP contribution in [0.15, 0.2) is 24.3 Å². The van der Waals surface area contributed by atoms with Crippen molar-refractivity contribution in [3.05, 3.63) is 29.8 Å². The summed E-state index contributed by atoms with van der Waals surface area (Å²) in [6.45, 7) is 1.97. The Balaban J connectivity index is 2.09. The topological polar surface area (TPSA) is 58.2 Å². The zero-order chi connectivity index (χ0) is 10.8. The summed E-state index contributed by atoms with van der Waals surface area (Å²) in [6, 6.07) is 7.66. The SMILES string of the molecule is Cc1cccc(N[C@H]2SC(=O)NC2=O)c1. The molecule has 2 rings (SSSR count). The third-order valence-corrected chi connectivity index (χ3v) is 2.89. The van der Waals surface area contributed by atoms with Crippen LogP contribution in [0.5, 0.6) is 0 Å². The van der Waals surface area contributed by atoms with Gasteiger partial charge in [0.25, 0.3) is 11.1 Å². The fraction of sp³-hybridized carbons (Fsp3) is 0.200. The van der Waals surface area contributed by atoms with Gasteiger partial charge in [-0.15, -0.1) is 0 Å². The van der Waals surface area contributed by atoms with Gasteiger partial charge in [0.1, 0.15) is 0 Å². The number of nitrogens with one attached hydrogen (secondary N) is 2. The fourth-order valence-corrected chi connectivity index (χ4v) is 2.07. The van der Waals surface area contributed by atoms with Crippen LogP contribution in [0, 0.1) is 6.92 Å². The highest BCUT2D eigenvalue weighted by Crippen LogP contribution is 2.21. The number of imide groups is 1. The van der Waals surface area contributed by atoms with Crippen LogP contribution in [0.3, 0.4) is 0 Å². The molecule has 1 aliphatic heterocycles. The maximum absolute atomic E-state index is 11.3. The molecule has 0 aliphatic carbocycles. The van der Waals surface area contributed by atoms with Gasteiger partial charge in [0.05, 0.1) is 0 Å². The molecule has 2 N–H and O–H groups in total. The smallest absolute Gasteiger partial charge is 0.288 e. The Kier molecular flexibility index (Phi) is 2.64. The molecule has 78 valence electrons. The Morgan fingerprint density at radius 1 is 1.40 bits per heavy atom. The molecule has 1 saturated heterocycles. The molecule has 5 heteroatoms. The molecule has 0 aromatic heterocycles. The third kappa shape index (κ3) is 2.30. The zero-order valence-electron chi connectivity index (χ0n) is 8.11. The normalized spacial score (nSPS) is 20.2. The van der Waals surface area contributed by atoms with Gasteiger partial charge < -0.3 is 5.32 Å². The Morgan fingerprint density at radius 2 is 2.20 bits per heavy atom. The quantitative estimate of drug-likeness (QED) is 0.800. The van der Waals surface area contributed by atoms with E-state index in [0.717, 1.165) is 23.0 Å². The van der Waals surface area contributed by atoms with Crippen molar-refractivity contribution < 1.29 is 9.59 Å². The van der Waals surface area contributed by atoms with Crippen LogP contribution in [-0.2, 0) is 4.79 Å². The number of carbonyl (C=O) groups is 2. The van der Waals surface area contributed by atoms with Crippen molar-refractivity contribution in [2.45, 2.75) is 12.3 Å². The highest BCUT2D eigenvalue weighted by atomic mass is 32.2. The first-order valence-corrected chi connectivity index (χ1v) is 5.38. The van der Waals surface area contributed by atoms with E-state index in [1.165, 1.54) is 0 Å². The highest BCUT2D eigenvalue weighted by molar-refractivity contribution is 8.15. The van der Waals surface area contributed by atoms with Crippen LogP contribution < -0.4 is 10.6 Å². The van der Waals surface area contributed by atoms with Gasteiger partial charge >= 0.3 is 0 Å². The lowest BCUT2D eigenvalue weighted by Gasteiger charge is -2.09. The minimum atomic E-state index is -0.515. The number of carbonyl (C=O) groups excluding carboxylic acids is 2. The molecule has 1 heterocycles. The second-order valence-corrected chi connectivity index (χ2v) is 4.37. The van der Waals surface area contributed by atoms with Gasteiger partial charge in [0.2, 0.25) is 0 Å². The number of anilines is 1. The van der Waals surface area contributed by atoms with Gasteiger partial charge in [-0.1, -0.05) is 12.1 Å². The van der Waals surface area contributed by atoms with Crippen molar-refractivity contribution in [2.75, 3.05) is 5.32 Å². The molecule has 1 aromatic rings. The lowest BCUT2D eigenvalue weighted by Crippen LogP contribution is -2.29. The molecule has 0 bridgehead atoms. The van der Waals surface area contributed by atoms with Gasteiger partial charge in [-0.05, 0) is 36.4 Å². The average Bonchev–Trinajstić information content (AvgIpc) is 2.45. The summed E-state index contributed by atoms with van der Waals surface area (Å²) in [7, 11) is 0. The summed E-state index contributed by atoms with van der Waals surface area (Å²) in [6.07, 6.45) is 0. The number of thioether (sulfide) groups is 1. The van der Waals surface area contributed by atoms with Gasteiger partial charge in [0.15, 0.2) is 5.37 Å². The van der Waals surface area contributed by atoms with Crippen LogP contribution in [0.4, 0.5) is 10.5 Å². The molecular weight excluding hydrogens is 212 g/mol. The van der Waals surface area contributed by atoms with E-state index in [1.807, 2.05) is 31.2 Å². The molecule has 4 nitrogen and oxygen atoms in total. The molecule has 1 aliphatic rings. The third-order valence-electron chi connectivity index (χ3n) is 2.00. The van der Waals surface area contributed by atoms with Gasteiger partial charge in [0, 0.05) is 5.69 Å². The van der Waals surface area contributed by atoms with Crippen molar-refractivity contribution >= 4 is 28.6 Å². The van der Waals surface area contributed by atoms with Crippen molar-refractivity contribution in [3.8, 4) is 0 Å². The molecular formula is C10H10N2O2S. The van der Waals surface area contributed by atoms with Gasteiger partial charge in [-0.2, -0.15) is 0 Å². The van der Waals surface area contributed by atoms with E-state index in [1.54, 1.807) is 0 Å². The Labute approximate surface area is 91.4 Å². The fourth-order valence-electron chi connectivity index (χ4n) is 1.34. The molecule has 0 unspecified atom stereocenters. The first kappa shape index (κ1) is 10.0. The average molecular weight is 222 g/mol. The molecule has 0 radical (unpaired) electrons. The van der Waals surface area contributed by atoms with Crippen molar-refractivity contribution in [1.82, 2.24) is 5.32 Å². The van der Waals surface area contributed by atoms with Crippen LogP contribution in [0.25, 0.3) is 0 Å². The maximum atomic E-state index is 11.3. The van der Waals surface area contributed by atoms with E-state index < -0.39 is 5.37 Å². The number of hydrogen-bond donors (Lipinski definition) is 2. The summed E-state index contributed by atoms with van der Waals surface area (Å²) in [5.74, 6) is -0.286. The predicted octanol–water partition coefficient (Wildman–Crippen LogP) is 1.72. The second kappa shape index (κ2) is 3.94. The Hall–Kier alpha value is -1.49. The first-order chi connectivity index (χ1) is 7.15. The molecule has 0 spiro atoms. The number of rotatable bonds is 2. The minimum absolute atomic E-state index is 0.286. The monoisotopic (exact) mass is 222 g/mol. The predicted molar refractivity (Wildman–Crippen MR) is 59.7 cm³/mol. The standard InChI is InChI=1S/C10H10N2O2S/c1-6-3-2-4-7(5-6)11-9-8(13)12-10(14)15-9/h2-5,9,11H,1H3,(H,12,13,14)/t9-/m0/s1. The molecule has 0 saturated carbocycles. The number of hydrogen-bond acceptors (Lipinski definition) is 4. The summed E-state index contributed by atoms with van der Waals surface area (Å²) in [5, 5.41) is 4.40. The summed E-state index contributed by atoms with van der Waals surface area (Å²) >= 11 is 0.964. The van der Waals surface area contributed by atoms with E-state index in [-0.39, 0.29) is 11.1 Å². The van der Waals surface area contributed by atoms with Crippen LogP contribution in [0.1, 0.15) is 5.56 Å². The lowest BCUT2D eigenvalue weighted by molar-refractivity contribution is -0.118. The van der Waals surface area contributed by atoms with Crippen LogP contribution in [-0.4, -0.2) is 16.5 Å². The second-order valence-electron chi connectivity index (χ2n) is 3.29. The first-order valence-electron chi connectivity index (χ1n) is 4.50. The van der Waals surface area contributed by atoms with E-state index in [9.17, 15) is 9.59 Å². The number of amides is 2. The van der Waals surface area contributed by atoms with Gasteiger partial charge in [-0.25, -0.2) is 0 Å². The number of benzene rings is 1. The summed E-state index contributed by atoms with van der Waals surface area (Å²) in [5.41, 5.74) is 1.95. The highest BCUT2D eigenvalue weighted by Gasteiger charge is 2.31. The molecule has 15 heavy (non-hydrogen) atoms. The van der Waals surface area contributed by atoms with Crippen molar-refractivity contribution in [3.63, 3.8) is 0 Å². The van der Waals surface area contributed by atoms with Crippen molar-refractivity contribution in [2.24, 2.45) is 0 Å². The maximum Gasteiger partial charge on any atom is 0.288 e. The minimum Gasteiger partial charge on any atom is -0.365 e. The van der Waals surface area contributed by atoms with Crippen LogP contribution >= 0.6 is 11.8 Å². The van der Waals surface area contributed by atoms with E-state index in [2.05, 4.69) is 10.6 Å². The van der Waals surface area contributed by atoms with E-state index >= 15 is 0 Å². The zero-order valence-corrected chi connectivity index (χ0v) is 8.93. The summed E-state index contributed by atoms with van der Waals surface area (Å²) in [4.78, 5) is 22.2. The van der Waals surface area contributed by atoms with E-state index in [4.69, 9.17) is 0 Å². The number of aryl methyl sites for hydroxylation is 1. The molecule has 1 aromatic carbocycles. The Bertz CT molecular complexity index is 420. The van der Waals surface area contributed by atoms with E-state index in [0.29, 0.717) is 0 Å².